The summed E-state index contributed by atoms with van der Waals surface area (Å²) in [5.74, 6) is 0.378. The Morgan fingerprint density at radius 1 is 1.36 bits per heavy atom. The van der Waals surface area contributed by atoms with E-state index in [2.05, 4.69) is 0 Å². The van der Waals surface area contributed by atoms with Crippen molar-refractivity contribution in [3.8, 4) is 0 Å². The van der Waals surface area contributed by atoms with Crippen molar-refractivity contribution in [3.05, 3.63) is 35.1 Å². The zero-order valence-corrected chi connectivity index (χ0v) is 8.46. The number of nitrogens with two attached hydrogens (primary N) is 1. The summed E-state index contributed by atoms with van der Waals surface area (Å²) in [5, 5.41) is 0. The highest BCUT2D eigenvalue weighted by Gasteiger charge is 2.24. The maximum absolute atomic E-state index is 13.3. The molecule has 1 aliphatic carbocycles. The molecule has 0 amide bonds. The summed E-state index contributed by atoms with van der Waals surface area (Å²) in [6, 6.07) is 5.65. The molecule has 1 aliphatic rings. The van der Waals surface area contributed by atoms with E-state index in [4.69, 9.17) is 5.73 Å². The van der Waals surface area contributed by atoms with Crippen LogP contribution in [0.15, 0.2) is 18.2 Å². The SMILES string of the molecule is Cc1c(F)cccc1C1CCC(N)C1. The van der Waals surface area contributed by atoms with E-state index < -0.39 is 0 Å². The van der Waals surface area contributed by atoms with Crippen molar-refractivity contribution in [3.63, 3.8) is 0 Å². The minimum Gasteiger partial charge on any atom is -0.328 e. The zero-order chi connectivity index (χ0) is 10.1. The molecule has 1 saturated carbocycles. The number of halogens is 1. The third kappa shape index (κ3) is 1.67. The lowest BCUT2D eigenvalue weighted by atomic mass is 9.93. The number of benzene rings is 1. The predicted octanol–water partition coefficient (Wildman–Crippen LogP) is 2.73. The highest BCUT2D eigenvalue weighted by molar-refractivity contribution is 5.31. The van der Waals surface area contributed by atoms with Gasteiger partial charge in [-0.3, -0.25) is 0 Å². The normalized spacial score (nSPS) is 26.8. The van der Waals surface area contributed by atoms with Gasteiger partial charge in [0, 0.05) is 6.04 Å². The first kappa shape index (κ1) is 9.66. The highest BCUT2D eigenvalue weighted by atomic mass is 19.1. The molecule has 2 atom stereocenters. The average molecular weight is 193 g/mol. The Morgan fingerprint density at radius 3 is 2.79 bits per heavy atom. The molecule has 1 nitrogen and oxygen atoms in total. The number of hydrogen-bond acceptors (Lipinski definition) is 1. The van der Waals surface area contributed by atoms with Gasteiger partial charge in [0.1, 0.15) is 5.82 Å². The molecule has 2 heteroatoms. The van der Waals surface area contributed by atoms with E-state index in [1.807, 2.05) is 13.0 Å². The summed E-state index contributed by atoms with van der Waals surface area (Å²) in [6.45, 7) is 1.86. The van der Waals surface area contributed by atoms with Crippen molar-refractivity contribution in [2.45, 2.75) is 38.1 Å². The van der Waals surface area contributed by atoms with E-state index in [0.29, 0.717) is 12.0 Å². The number of rotatable bonds is 1. The first-order valence-corrected chi connectivity index (χ1v) is 5.19. The molecule has 1 aromatic carbocycles. The molecule has 1 fully saturated rings. The molecular formula is C12H16FN. The molecule has 0 radical (unpaired) electrons. The second-order valence-corrected chi connectivity index (χ2v) is 4.22. The van der Waals surface area contributed by atoms with E-state index >= 15 is 0 Å². The third-order valence-corrected chi connectivity index (χ3v) is 3.22. The van der Waals surface area contributed by atoms with Crippen LogP contribution in [0, 0.1) is 12.7 Å². The van der Waals surface area contributed by atoms with Gasteiger partial charge in [-0.1, -0.05) is 12.1 Å². The lowest BCUT2D eigenvalue weighted by Gasteiger charge is -2.13. The van der Waals surface area contributed by atoms with E-state index in [9.17, 15) is 4.39 Å². The molecule has 2 N–H and O–H groups in total. The van der Waals surface area contributed by atoms with Crippen LogP contribution < -0.4 is 5.73 Å². The fourth-order valence-corrected chi connectivity index (χ4v) is 2.37. The van der Waals surface area contributed by atoms with Crippen molar-refractivity contribution in [1.82, 2.24) is 0 Å². The Bertz CT molecular complexity index is 335. The van der Waals surface area contributed by atoms with E-state index in [0.717, 1.165) is 30.4 Å². The Kier molecular flexibility index (Phi) is 2.55. The van der Waals surface area contributed by atoms with Crippen LogP contribution in [-0.2, 0) is 0 Å². The first-order valence-electron chi connectivity index (χ1n) is 5.19. The summed E-state index contributed by atoms with van der Waals surface area (Å²) < 4.78 is 13.3. The van der Waals surface area contributed by atoms with Crippen LogP contribution >= 0.6 is 0 Å². The van der Waals surface area contributed by atoms with E-state index in [1.165, 1.54) is 6.07 Å². The lowest BCUT2D eigenvalue weighted by molar-refractivity contribution is 0.605. The number of hydrogen-bond donors (Lipinski definition) is 1. The smallest absolute Gasteiger partial charge is 0.126 e. The minimum absolute atomic E-state index is 0.0945. The molecule has 76 valence electrons. The van der Waals surface area contributed by atoms with E-state index in [1.54, 1.807) is 6.07 Å². The van der Waals surface area contributed by atoms with Gasteiger partial charge < -0.3 is 5.73 Å². The van der Waals surface area contributed by atoms with Gasteiger partial charge in [-0.2, -0.15) is 0 Å². The van der Waals surface area contributed by atoms with Crippen molar-refractivity contribution in [2.75, 3.05) is 0 Å². The van der Waals surface area contributed by atoms with Crippen molar-refractivity contribution >= 4 is 0 Å². The predicted molar refractivity (Wildman–Crippen MR) is 55.7 cm³/mol. The monoisotopic (exact) mass is 193 g/mol. The average Bonchev–Trinajstić information content (AvgIpc) is 2.57. The summed E-state index contributed by atoms with van der Waals surface area (Å²) in [6.07, 6.45) is 3.18. The Labute approximate surface area is 84.1 Å². The first-order chi connectivity index (χ1) is 6.68. The van der Waals surface area contributed by atoms with Gasteiger partial charge in [-0.05, 0) is 49.3 Å². The van der Waals surface area contributed by atoms with Crippen LogP contribution in [0.5, 0.6) is 0 Å². The zero-order valence-electron chi connectivity index (χ0n) is 8.46. The van der Waals surface area contributed by atoms with Crippen molar-refractivity contribution < 1.29 is 4.39 Å². The van der Waals surface area contributed by atoms with Crippen molar-refractivity contribution in [2.24, 2.45) is 5.73 Å². The summed E-state index contributed by atoms with van der Waals surface area (Å²) in [4.78, 5) is 0. The highest BCUT2D eigenvalue weighted by Crippen LogP contribution is 2.35. The summed E-state index contributed by atoms with van der Waals surface area (Å²) >= 11 is 0. The second kappa shape index (κ2) is 3.70. The van der Waals surface area contributed by atoms with Gasteiger partial charge in [0.2, 0.25) is 0 Å². The molecule has 14 heavy (non-hydrogen) atoms. The molecule has 2 unspecified atom stereocenters. The molecular weight excluding hydrogens is 177 g/mol. The van der Waals surface area contributed by atoms with Gasteiger partial charge in [0.25, 0.3) is 0 Å². The molecule has 0 saturated heterocycles. The van der Waals surface area contributed by atoms with Gasteiger partial charge in [-0.15, -0.1) is 0 Å². The maximum atomic E-state index is 13.3. The topological polar surface area (TPSA) is 26.0 Å². The van der Waals surface area contributed by atoms with Crippen LogP contribution in [0.25, 0.3) is 0 Å². The fourth-order valence-electron chi connectivity index (χ4n) is 2.37. The largest absolute Gasteiger partial charge is 0.328 e. The Balaban J connectivity index is 2.28. The second-order valence-electron chi connectivity index (χ2n) is 4.22. The third-order valence-electron chi connectivity index (χ3n) is 3.22. The van der Waals surface area contributed by atoms with Gasteiger partial charge >= 0.3 is 0 Å². The Hall–Kier alpha value is -0.890. The van der Waals surface area contributed by atoms with Gasteiger partial charge in [0.05, 0.1) is 0 Å². The molecule has 0 aliphatic heterocycles. The fraction of sp³-hybridized carbons (Fsp3) is 0.500. The standard InChI is InChI=1S/C12H16FN/c1-8-11(3-2-4-12(8)13)9-5-6-10(14)7-9/h2-4,9-10H,5-7,14H2,1H3. The molecule has 0 spiro atoms. The molecule has 0 bridgehead atoms. The molecule has 0 heterocycles. The quantitative estimate of drug-likeness (QED) is 0.729. The summed E-state index contributed by atoms with van der Waals surface area (Å²) in [7, 11) is 0. The summed E-state index contributed by atoms with van der Waals surface area (Å²) in [5.41, 5.74) is 7.81. The lowest BCUT2D eigenvalue weighted by Crippen LogP contribution is -2.14. The molecule has 0 aromatic heterocycles. The van der Waals surface area contributed by atoms with E-state index in [-0.39, 0.29) is 5.82 Å². The van der Waals surface area contributed by atoms with Crippen LogP contribution in [0.4, 0.5) is 4.39 Å². The van der Waals surface area contributed by atoms with Crippen LogP contribution in [-0.4, -0.2) is 6.04 Å². The minimum atomic E-state index is -0.0945. The van der Waals surface area contributed by atoms with Gasteiger partial charge in [0.15, 0.2) is 0 Å². The van der Waals surface area contributed by atoms with Crippen LogP contribution in [0.1, 0.15) is 36.3 Å². The van der Waals surface area contributed by atoms with Crippen molar-refractivity contribution in [1.29, 1.82) is 0 Å². The van der Waals surface area contributed by atoms with Crippen LogP contribution in [0.3, 0.4) is 0 Å². The maximum Gasteiger partial charge on any atom is 0.126 e. The molecule has 1 aromatic rings. The van der Waals surface area contributed by atoms with Gasteiger partial charge in [-0.25, -0.2) is 4.39 Å². The Morgan fingerprint density at radius 2 is 2.14 bits per heavy atom. The van der Waals surface area contributed by atoms with Crippen LogP contribution in [0.2, 0.25) is 0 Å². The molecule has 2 rings (SSSR count).